The molecule has 1 N–H and O–H groups in total. The average molecular weight is 769 g/mol. The molecule has 5 aromatic rings. The van der Waals surface area contributed by atoms with E-state index in [1.54, 1.807) is 0 Å². The lowest BCUT2D eigenvalue weighted by molar-refractivity contribution is 0.739. The summed E-state index contributed by atoms with van der Waals surface area (Å²) in [7, 11) is 0. The molecule has 2 unspecified atom stereocenters. The fourth-order valence-electron chi connectivity index (χ4n) is 9.73. The van der Waals surface area contributed by atoms with Crippen molar-refractivity contribution >= 4 is 22.7 Å². The second-order valence-corrected chi connectivity index (χ2v) is 16.5. The maximum absolute atomic E-state index is 5.53. The predicted molar refractivity (Wildman–Crippen MR) is 255 cm³/mol. The number of benzene rings is 5. The number of anilines is 1. The molecule has 0 aromatic heterocycles. The van der Waals surface area contributed by atoms with Gasteiger partial charge in [-0.2, -0.15) is 0 Å². The number of nitrogens with one attached hydrogen (secondary N) is 1. The van der Waals surface area contributed by atoms with E-state index >= 15 is 0 Å². The topological polar surface area (TPSA) is 24.4 Å². The second-order valence-electron chi connectivity index (χ2n) is 16.5. The van der Waals surface area contributed by atoms with Crippen molar-refractivity contribution in [2.45, 2.75) is 79.2 Å². The Morgan fingerprint density at radius 1 is 0.763 bits per heavy atom. The van der Waals surface area contributed by atoms with E-state index in [-0.39, 0.29) is 5.92 Å². The lowest BCUT2D eigenvalue weighted by atomic mass is 9.66. The number of aliphatic imine (C=N–C) groups is 1. The third-order valence-electron chi connectivity index (χ3n) is 12.7. The van der Waals surface area contributed by atoms with E-state index in [1.165, 1.54) is 83.5 Å². The summed E-state index contributed by atoms with van der Waals surface area (Å²) >= 11 is 0. The summed E-state index contributed by atoms with van der Waals surface area (Å²) in [4.78, 5) is 5.53. The Kier molecular flexibility index (Phi) is 11.1. The molecule has 0 fully saturated rings. The van der Waals surface area contributed by atoms with Crippen LogP contribution in [0.15, 0.2) is 180 Å². The maximum atomic E-state index is 5.53. The highest BCUT2D eigenvalue weighted by atomic mass is 14.9. The van der Waals surface area contributed by atoms with Gasteiger partial charge in [-0.15, -0.1) is 0 Å². The van der Waals surface area contributed by atoms with Crippen LogP contribution in [-0.2, 0) is 12.0 Å². The molecule has 2 atom stereocenters. The summed E-state index contributed by atoms with van der Waals surface area (Å²) < 4.78 is 0. The lowest BCUT2D eigenvalue weighted by Gasteiger charge is -2.35. The molecule has 0 saturated carbocycles. The first-order valence-corrected chi connectivity index (χ1v) is 21.2. The van der Waals surface area contributed by atoms with E-state index in [2.05, 4.69) is 206 Å². The van der Waals surface area contributed by atoms with Crippen LogP contribution in [0.5, 0.6) is 0 Å². The Bertz CT molecular complexity index is 2690. The molecule has 5 aromatic carbocycles. The minimum atomic E-state index is -0.441. The summed E-state index contributed by atoms with van der Waals surface area (Å²) in [5.41, 5.74) is 23.1. The zero-order valence-electron chi connectivity index (χ0n) is 35.8. The van der Waals surface area contributed by atoms with Crippen molar-refractivity contribution in [1.82, 2.24) is 0 Å². The van der Waals surface area contributed by atoms with Gasteiger partial charge in [-0.05, 0) is 151 Å². The molecule has 3 aliphatic rings. The van der Waals surface area contributed by atoms with Crippen molar-refractivity contribution in [3.05, 3.63) is 220 Å². The first-order valence-electron chi connectivity index (χ1n) is 21.2. The van der Waals surface area contributed by atoms with Gasteiger partial charge in [0.2, 0.25) is 0 Å². The number of nitrogens with zero attached hydrogens (tertiary/aromatic N) is 1. The number of hydrogen-bond donors (Lipinski definition) is 1. The largest absolute Gasteiger partial charge is 0.381 e. The molecule has 2 heteroatoms. The number of fused-ring (bicyclic) bond motifs is 6. The van der Waals surface area contributed by atoms with Gasteiger partial charge in [-0.25, -0.2) is 0 Å². The van der Waals surface area contributed by atoms with Crippen molar-refractivity contribution < 1.29 is 0 Å². The molecule has 0 spiro atoms. The zero-order valence-corrected chi connectivity index (χ0v) is 35.8. The van der Waals surface area contributed by atoms with Crippen LogP contribution in [0.4, 0.5) is 11.4 Å². The standard InChI is InChI=1S/C57H56N2/c1-9-10-11-19-39(4)57(53-26-16-14-24-49(53)50-25-15-17-27-54(50)57)40(5)20-18-21-41(6)59-56-43(8)51(35-52-48-23-13-12-22-46(48)42(7)55(52)56)47-33-30-38(3)34-44(47)36-58-45-31-28-37(2)29-32-45/h9-14,16,18-35,42,58H,4,15,17,36H2,1-3,5-8H3/b10-9-,19-11-,21-18-,40-20+,59-41+. The number of rotatable bonds is 11. The van der Waals surface area contributed by atoms with Crippen LogP contribution in [0, 0.1) is 20.8 Å². The SMILES string of the molecule is C=C(/C=C\C=C/C)C1(/C(C)=C/C=C\C(C)=N\c2c(C)c(-c3ccc(C)cc3CNc3ccc(C)cc3)cc3c2C(C)c2ccccc2-3)C2=CCCC=C2c2ccccc21. The molecule has 0 bridgehead atoms. The Balaban J connectivity index is 1.21. The fourth-order valence-corrected chi connectivity index (χ4v) is 9.73. The van der Waals surface area contributed by atoms with Crippen molar-refractivity contribution in [1.29, 1.82) is 0 Å². The summed E-state index contributed by atoms with van der Waals surface area (Å²) in [6, 6.07) is 35.7. The molecule has 59 heavy (non-hydrogen) atoms. The average Bonchev–Trinajstić information content (AvgIpc) is 3.71. The van der Waals surface area contributed by atoms with Gasteiger partial charge in [0.1, 0.15) is 0 Å². The van der Waals surface area contributed by atoms with Gasteiger partial charge >= 0.3 is 0 Å². The molecular weight excluding hydrogens is 713 g/mol. The number of hydrogen-bond acceptors (Lipinski definition) is 2. The van der Waals surface area contributed by atoms with Crippen LogP contribution in [-0.4, -0.2) is 5.71 Å². The molecule has 0 aliphatic heterocycles. The first kappa shape index (κ1) is 39.6. The minimum Gasteiger partial charge on any atom is -0.381 e. The maximum Gasteiger partial charge on any atom is 0.0712 e. The molecule has 0 amide bonds. The Hall–Kier alpha value is -6.25. The van der Waals surface area contributed by atoms with Crippen LogP contribution in [0.3, 0.4) is 0 Å². The van der Waals surface area contributed by atoms with E-state index in [1.807, 2.05) is 0 Å². The summed E-state index contributed by atoms with van der Waals surface area (Å²) in [5.74, 6) is 0.238. The Morgan fingerprint density at radius 3 is 2.29 bits per heavy atom. The first-order chi connectivity index (χ1) is 28.6. The van der Waals surface area contributed by atoms with Crippen molar-refractivity contribution in [2.24, 2.45) is 4.99 Å². The summed E-state index contributed by atoms with van der Waals surface area (Å²) in [6.45, 7) is 20.8. The predicted octanol–water partition coefficient (Wildman–Crippen LogP) is 15.4. The summed E-state index contributed by atoms with van der Waals surface area (Å²) in [5, 5.41) is 3.70. The second kappa shape index (κ2) is 16.5. The van der Waals surface area contributed by atoms with Crippen LogP contribution < -0.4 is 5.32 Å². The molecule has 0 saturated heterocycles. The molecule has 0 radical (unpaired) electrons. The highest BCUT2D eigenvalue weighted by Gasteiger charge is 2.48. The van der Waals surface area contributed by atoms with Gasteiger partial charge in [0.15, 0.2) is 0 Å². The lowest BCUT2D eigenvalue weighted by Crippen LogP contribution is -2.29. The highest BCUT2D eigenvalue weighted by Crippen LogP contribution is 2.59. The molecule has 0 heterocycles. The fraction of sp³-hybridized carbons (Fsp3) is 0.211. The van der Waals surface area contributed by atoms with Crippen molar-refractivity contribution in [3.63, 3.8) is 0 Å². The van der Waals surface area contributed by atoms with E-state index < -0.39 is 5.41 Å². The van der Waals surface area contributed by atoms with Gasteiger partial charge in [0.25, 0.3) is 0 Å². The number of aryl methyl sites for hydroxylation is 2. The molecular formula is C57H56N2. The Morgan fingerprint density at radius 2 is 1.49 bits per heavy atom. The van der Waals surface area contributed by atoms with E-state index in [4.69, 9.17) is 11.6 Å². The number of allylic oxidation sites excluding steroid dienone is 13. The molecule has 3 aliphatic carbocycles. The van der Waals surface area contributed by atoms with Gasteiger partial charge in [-0.3, -0.25) is 4.99 Å². The van der Waals surface area contributed by atoms with Gasteiger partial charge < -0.3 is 5.32 Å². The normalized spacial score (nSPS) is 18.5. The van der Waals surface area contributed by atoms with Gasteiger partial charge in [-0.1, -0.05) is 158 Å². The summed E-state index contributed by atoms with van der Waals surface area (Å²) in [6.07, 6.45) is 22.1. The van der Waals surface area contributed by atoms with Gasteiger partial charge in [0.05, 0.1) is 11.1 Å². The van der Waals surface area contributed by atoms with Crippen LogP contribution >= 0.6 is 0 Å². The molecule has 8 rings (SSSR count). The van der Waals surface area contributed by atoms with Crippen molar-refractivity contribution in [3.8, 4) is 22.3 Å². The van der Waals surface area contributed by atoms with E-state index in [0.717, 1.165) is 42.0 Å². The molecule has 2 nitrogen and oxygen atoms in total. The quantitative estimate of drug-likeness (QED) is 0.105. The monoisotopic (exact) mass is 768 g/mol. The minimum absolute atomic E-state index is 0.238. The van der Waals surface area contributed by atoms with E-state index in [0.29, 0.717) is 0 Å². The van der Waals surface area contributed by atoms with E-state index in [9.17, 15) is 0 Å². The third-order valence-corrected chi connectivity index (χ3v) is 12.7. The highest BCUT2D eigenvalue weighted by molar-refractivity contribution is 5.99. The molecule has 294 valence electrons. The van der Waals surface area contributed by atoms with Crippen LogP contribution in [0.25, 0.3) is 27.8 Å². The van der Waals surface area contributed by atoms with Gasteiger partial charge in [0, 0.05) is 23.9 Å². The van der Waals surface area contributed by atoms with Crippen LogP contribution in [0.1, 0.15) is 91.0 Å². The zero-order chi connectivity index (χ0) is 41.3. The third kappa shape index (κ3) is 7.16. The Labute approximate surface area is 352 Å². The van der Waals surface area contributed by atoms with Crippen molar-refractivity contribution in [2.75, 3.05) is 5.32 Å². The van der Waals surface area contributed by atoms with Crippen LogP contribution in [0.2, 0.25) is 0 Å². The smallest absolute Gasteiger partial charge is 0.0712 e.